The summed E-state index contributed by atoms with van der Waals surface area (Å²) >= 11 is 20.4. The van der Waals surface area contributed by atoms with Crippen LogP contribution >= 0.6 is 42.1 Å². The van der Waals surface area contributed by atoms with E-state index in [1.54, 1.807) is 0 Å². The fourth-order valence-electron chi connectivity index (χ4n) is 5.37. The summed E-state index contributed by atoms with van der Waals surface area (Å²) in [4.78, 5) is 18.7. The second kappa shape index (κ2) is 14.0. The van der Waals surface area contributed by atoms with E-state index in [0.29, 0.717) is 34.8 Å². The second-order valence-corrected chi connectivity index (χ2v) is 22.5. The summed E-state index contributed by atoms with van der Waals surface area (Å²) in [7, 11) is -4.41. The number of ether oxygens (including phenoxy) is 1. The third-order valence-corrected chi connectivity index (χ3v) is 15.1. The zero-order valence-electron chi connectivity index (χ0n) is 24.9. The summed E-state index contributed by atoms with van der Waals surface area (Å²) in [6.07, 6.45) is 3.37. The van der Waals surface area contributed by atoms with E-state index >= 15 is 0 Å². The second-order valence-electron chi connectivity index (χ2n) is 11.8. The average Bonchev–Trinajstić information content (AvgIpc) is 3.44. The van der Waals surface area contributed by atoms with Crippen LogP contribution in [0.25, 0.3) is 11.0 Å². The van der Waals surface area contributed by atoms with Gasteiger partial charge in [-0.15, -0.1) is 0 Å². The van der Waals surface area contributed by atoms with Crippen molar-refractivity contribution in [1.82, 2.24) is 14.9 Å². The van der Waals surface area contributed by atoms with Crippen molar-refractivity contribution in [2.24, 2.45) is 0 Å². The van der Waals surface area contributed by atoms with E-state index in [1.165, 1.54) is 6.20 Å². The molecule has 0 spiro atoms. The van der Waals surface area contributed by atoms with Gasteiger partial charge in [0.2, 0.25) is 0 Å². The van der Waals surface area contributed by atoms with Gasteiger partial charge in [-0.3, -0.25) is 0 Å². The van der Waals surface area contributed by atoms with E-state index in [-0.39, 0.29) is 10.1 Å². The Hall–Kier alpha value is -2.96. The molecule has 0 unspecified atom stereocenters. The number of carbonyl (C=O) groups excluding carboxylic acids is 1. The number of carbonyl (C=O) groups is 1. The molecule has 1 amide bonds. The zero-order chi connectivity index (χ0) is 31.3. The van der Waals surface area contributed by atoms with Crippen molar-refractivity contribution >= 4 is 83.0 Å². The SMILES string of the molecule is C[Si](C)(C)CCOCn1ccc2c(Cl)c(C(=O)NC(=C(Cl)Cl)[PH](c3ccccc3)(c3ccccc3)c3ccccc3)cnc21. The maximum atomic E-state index is 14.1. The topological polar surface area (TPSA) is 56.1 Å². The summed E-state index contributed by atoms with van der Waals surface area (Å²) < 4.78 is 7.80. The molecule has 0 bridgehead atoms. The van der Waals surface area contributed by atoms with E-state index in [4.69, 9.17) is 39.5 Å². The normalized spacial score (nSPS) is 12.2. The van der Waals surface area contributed by atoms with Crippen molar-refractivity contribution in [3.63, 3.8) is 0 Å². The van der Waals surface area contributed by atoms with Gasteiger partial charge in [0.05, 0.1) is 0 Å². The monoisotopic (exact) mass is 681 g/mol. The van der Waals surface area contributed by atoms with Gasteiger partial charge in [0.1, 0.15) is 0 Å². The van der Waals surface area contributed by atoms with Gasteiger partial charge in [0.25, 0.3) is 0 Å². The van der Waals surface area contributed by atoms with Crippen molar-refractivity contribution in [2.75, 3.05) is 6.61 Å². The molecule has 0 aliphatic rings. The Morgan fingerprint density at radius 2 is 1.39 bits per heavy atom. The van der Waals surface area contributed by atoms with Gasteiger partial charge < -0.3 is 0 Å². The van der Waals surface area contributed by atoms with E-state index in [1.807, 2.05) is 71.4 Å². The number of rotatable bonds is 11. The first-order valence-electron chi connectivity index (χ1n) is 14.4. The number of benzene rings is 3. The van der Waals surface area contributed by atoms with E-state index in [0.717, 1.165) is 22.0 Å². The van der Waals surface area contributed by atoms with Gasteiger partial charge in [-0.1, -0.05) is 19.6 Å². The molecule has 0 aliphatic carbocycles. The molecule has 2 aromatic heterocycles. The van der Waals surface area contributed by atoms with Crippen LogP contribution in [0, 0.1) is 0 Å². The number of halogens is 3. The third-order valence-electron chi connectivity index (χ3n) is 7.62. The molecule has 2 heterocycles. The molecule has 0 saturated heterocycles. The molecular formula is C34H35Cl3N3O2PSi. The number of aromatic nitrogens is 2. The predicted octanol–water partition coefficient (Wildman–Crippen LogP) is 8.06. The molecule has 0 radical (unpaired) electrons. The molecule has 0 atom stereocenters. The number of nitrogens with zero attached hydrogens (tertiary/aromatic N) is 2. The summed E-state index contributed by atoms with van der Waals surface area (Å²) in [5, 5.41) is 7.11. The molecule has 10 heteroatoms. The van der Waals surface area contributed by atoms with Crippen LogP contribution in [0.15, 0.2) is 119 Å². The minimum atomic E-state index is -3.21. The van der Waals surface area contributed by atoms with Crippen LogP contribution in [0.5, 0.6) is 0 Å². The molecule has 5 aromatic rings. The zero-order valence-corrected chi connectivity index (χ0v) is 29.1. The van der Waals surface area contributed by atoms with Crippen LogP contribution in [0.1, 0.15) is 10.4 Å². The maximum absolute atomic E-state index is 14.1. The number of hydrogen-bond donors (Lipinski definition) is 1. The van der Waals surface area contributed by atoms with Crippen LogP contribution in [-0.2, 0) is 11.5 Å². The van der Waals surface area contributed by atoms with Crippen molar-refractivity contribution in [3.05, 3.63) is 130 Å². The minimum absolute atomic E-state index is 0.0200. The number of amides is 1. The third kappa shape index (κ3) is 6.81. The molecular weight excluding hydrogens is 648 g/mol. The van der Waals surface area contributed by atoms with E-state index < -0.39 is 21.2 Å². The fraction of sp³-hybridized carbons (Fsp3) is 0.176. The van der Waals surface area contributed by atoms with Gasteiger partial charge in [0.15, 0.2) is 0 Å². The van der Waals surface area contributed by atoms with Crippen LogP contribution in [0.2, 0.25) is 30.7 Å². The fourth-order valence-corrected chi connectivity index (χ4v) is 11.9. The molecule has 1 N–H and O–H groups in total. The number of nitrogens with one attached hydrogen (secondary N) is 1. The van der Waals surface area contributed by atoms with Crippen molar-refractivity contribution in [2.45, 2.75) is 32.4 Å². The first kappa shape index (κ1) is 32.4. The Kier molecular flexibility index (Phi) is 10.3. The molecule has 0 fully saturated rings. The Bertz CT molecular complexity index is 1680. The molecule has 5 nitrogen and oxygen atoms in total. The first-order valence-corrected chi connectivity index (χ1v) is 21.2. The quantitative estimate of drug-likeness (QED) is 0.0872. The summed E-state index contributed by atoms with van der Waals surface area (Å²) in [6.45, 7) is 8.00. The van der Waals surface area contributed by atoms with Crippen molar-refractivity contribution in [1.29, 1.82) is 0 Å². The van der Waals surface area contributed by atoms with Gasteiger partial charge in [-0.2, -0.15) is 0 Å². The summed E-state index contributed by atoms with van der Waals surface area (Å²) in [5.41, 5.74) is 1.31. The van der Waals surface area contributed by atoms with Gasteiger partial charge in [-0.25, -0.2) is 0 Å². The Morgan fingerprint density at radius 1 is 0.864 bits per heavy atom. The Labute approximate surface area is 275 Å². The molecule has 0 aliphatic heterocycles. The van der Waals surface area contributed by atoms with Crippen molar-refractivity contribution in [3.8, 4) is 0 Å². The van der Waals surface area contributed by atoms with E-state index in [2.05, 4.69) is 66.3 Å². The molecule has 228 valence electrons. The van der Waals surface area contributed by atoms with Crippen LogP contribution < -0.4 is 21.2 Å². The van der Waals surface area contributed by atoms with Gasteiger partial charge >= 0.3 is 249 Å². The Balaban J connectivity index is 1.55. The Morgan fingerprint density at radius 3 is 1.86 bits per heavy atom. The number of pyridine rings is 1. The predicted molar refractivity (Wildman–Crippen MR) is 192 cm³/mol. The van der Waals surface area contributed by atoms with Crippen molar-refractivity contribution < 1.29 is 9.53 Å². The summed E-state index contributed by atoms with van der Waals surface area (Å²) in [6, 6.07) is 33.1. The van der Waals surface area contributed by atoms with Crippen LogP contribution in [0.4, 0.5) is 0 Å². The van der Waals surface area contributed by atoms with Gasteiger partial charge in [-0.05, 0) is 0 Å². The first-order chi connectivity index (χ1) is 21.1. The van der Waals surface area contributed by atoms with Gasteiger partial charge in [0, 0.05) is 8.07 Å². The van der Waals surface area contributed by atoms with Crippen LogP contribution in [0.3, 0.4) is 0 Å². The molecule has 5 rings (SSSR count). The average molecular weight is 683 g/mol. The summed E-state index contributed by atoms with van der Waals surface area (Å²) in [5.74, 6) is -0.447. The number of hydrogen-bond acceptors (Lipinski definition) is 3. The van der Waals surface area contributed by atoms with Crippen LogP contribution in [-0.4, -0.2) is 30.1 Å². The molecule has 3 aromatic carbocycles. The van der Waals surface area contributed by atoms with E-state index in [9.17, 15) is 4.79 Å². The standard InChI is InChI=1S/C34H35Cl3N3O2PSi/c1-44(2,3)22-21-42-24-40-20-19-28-30(35)29(23-38-32(28)40)33(41)39-34(31(36)37)43(25-13-7-4-8-14-25,26-15-9-5-10-16-26)27-17-11-6-12-18-27/h4-20,23,43H,21-22,24H2,1-3H3,(H,39,41). The number of fused-ring (bicyclic) bond motifs is 1. The molecule has 0 saturated carbocycles. The molecule has 44 heavy (non-hydrogen) atoms.